The van der Waals surface area contributed by atoms with Gasteiger partial charge in [0.05, 0.1) is 0 Å². The number of hydrogen-bond acceptors (Lipinski definition) is 0. The maximum absolute atomic E-state index is 2.28. The standard InChI is InChI=1S/C10H16.Ba.2H/c1-6-7(2)9(4)10(5)8(6)3;;;/h6H,1-5H3;;;/q;+2;2*-1. The van der Waals surface area contributed by atoms with Crippen molar-refractivity contribution in [1.29, 1.82) is 0 Å². The van der Waals surface area contributed by atoms with Crippen LogP contribution in [0.4, 0.5) is 0 Å². The predicted molar refractivity (Wildman–Crippen MR) is 53.9 cm³/mol. The van der Waals surface area contributed by atoms with Crippen LogP contribution in [0.15, 0.2) is 22.3 Å². The molecule has 0 saturated carbocycles. The Hall–Kier alpha value is 1.05. The predicted octanol–water partition coefficient (Wildman–Crippen LogP) is 3.15. The molecule has 1 rings (SSSR count). The monoisotopic (exact) mass is 276 g/mol. The van der Waals surface area contributed by atoms with Crippen LogP contribution in [0.25, 0.3) is 0 Å². The van der Waals surface area contributed by atoms with Gasteiger partial charge in [-0.2, -0.15) is 0 Å². The fourth-order valence-corrected chi connectivity index (χ4v) is 1.57. The van der Waals surface area contributed by atoms with Gasteiger partial charge in [0.25, 0.3) is 0 Å². The molecule has 0 nitrogen and oxygen atoms in total. The maximum Gasteiger partial charge on any atom is 2.00 e. The van der Waals surface area contributed by atoms with E-state index in [0.717, 1.165) is 0 Å². The van der Waals surface area contributed by atoms with Crippen molar-refractivity contribution in [3.05, 3.63) is 22.3 Å². The van der Waals surface area contributed by atoms with Crippen LogP contribution >= 0.6 is 0 Å². The minimum atomic E-state index is 0. The molecule has 0 heterocycles. The molecule has 0 fully saturated rings. The summed E-state index contributed by atoms with van der Waals surface area (Å²) in [7, 11) is 0. The first-order valence-electron chi connectivity index (χ1n) is 3.90. The molecule has 1 aliphatic rings. The van der Waals surface area contributed by atoms with E-state index in [1.807, 2.05) is 0 Å². The summed E-state index contributed by atoms with van der Waals surface area (Å²) in [6.45, 7) is 11.2. The molecule has 0 aliphatic heterocycles. The van der Waals surface area contributed by atoms with Crippen molar-refractivity contribution < 1.29 is 2.85 Å². The van der Waals surface area contributed by atoms with Gasteiger partial charge < -0.3 is 2.85 Å². The molecular formula is C10H18Ba. The molecule has 11 heavy (non-hydrogen) atoms. The Balaban J connectivity index is -0.000000333. The Kier molecular flexibility index (Phi) is 4.75. The second-order valence-electron chi connectivity index (χ2n) is 3.34. The van der Waals surface area contributed by atoms with E-state index >= 15 is 0 Å². The van der Waals surface area contributed by atoms with E-state index in [0.29, 0.717) is 5.92 Å². The summed E-state index contributed by atoms with van der Waals surface area (Å²) in [4.78, 5) is 0. The van der Waals surface area contributed by atoms with E-state index in [2.05, 4.69) is 34.6 Å². The van der Waals surface area contributed by atoms with Crippen LogP contribution in [0.5, 0.6) is 0 Å². The van der Waals surface area contributed by atoms with Gasteiger partial charge in [-0.1, -0.05) is 18.1 Å². The van der Waals surface area contributed by atoms with Crippen LogP contribution in [0, 0.1) is 5.92 Å². The summed E-state index contributed by atoms with van der Waals surface area (Å²) in [6, 6.07) is 0. The first kappa shape index (κ1) is 12.1. The first-order valence-corrected chi connectivity index (χ1v) is 3.90. The SMILES string of the molecule is CC1=C(C)C(C)C(C)=C1C.[Ba+2].[H-].[H-]. The fourth-order valence-electron chi connectivity index (χ4n) is 1.57. The average Bonchev–Trinajstić information content (AvgIpc) is 2.07. The molecule has 0 radical (unpaired) electrons. The third-order valence-corrected chi connectivity index (χ3v) is 3.04. The number of hydrogen-bond donors (Lipinski definition) is 0. The second kappa shape index (κ2) is 4.33. The van der Waals surface area contributed by atoms with Crippen LogP contribution in [0.1, 0.15) is 37.5 Å². The molecule has 0 spiro atoms. The third-order valence-electron chi connectivity index (χ3n) is 3.04. The van der Waals surface area contributed by atoms with E-state index in [-0.39, 0.29) is 51.7 Å². The largest absolute Gasteiger partial charge is 2.00 e. The van der Waals surface area contributed by atoms with Gasteiger partial charge >= 0.3 is 48.9 Å². The zero-order valence-corrected chi connectivity index (χ0v) is 12.7. The second-order valence-corrected chi connectivity index (χ2v) is 3.34. The molecule has 0 aromatic carbocycles. The van der Waals surface area contributed by atoms with Crippen molar-refractivity contribution in [3.63, 3.8) is 0 Å². The van der Waals surface area contributed by atoms with Crippen molar-refractivity contribution in [2.75, 3.05) is 0 Å². The van der Waals surface area contributed by atoms with E-state index < -0.39 is 0 Å². The summed E-state index contributed by atoms with van der Waals surface area (Å²) >= 11 is 0. The minimum Gasteiger partial charge on any atom is -1.00 e. The molecule has 0 atom stereocenters. The fraction of sp³-hybridized carbons (Fsp3) is 0.600. The van der Waals surface area contributed by atoms with Crippen LogP contribution in [-0.4, -0.2) is 48.9 Å². The molecule has 0 amide bonds. The topological polar surface area (TPSA) is 0 Å². The Morgan fingerprint density at radius 2 is 1.18 bits per heavy atom. The van der Waals surface area contributed by atoms with Crippen LogP contribution in [0.3, 0.4) is 0 Å². The average molecular weight is 276 g/mol. The summed E-state index contributed by atoms with van der Waals surface area (Å²) in [6.07, 6.45) is 0. The van der Waals surface area contributed by atoms with Gasteiger partial charge in [0.1, 0.15) is 0 Å². The zero-order valence-electron chi connectivity index (χ0n) is 10.3. The van der Waals surface area contributed by atoms with Gasteiger partial charge in [-0.05, 0) is 44.8 Å². The van der Waals surface area contributed by atoms with Crippen LogP contribution in [-0.2, 0) is 0 Å². The van der Waals surface area contributed by atoms with E-state index in [9.17, 15) is 0 Å². The zero-order chi connectivity index (χ0) is 7.89. The van der Waals surface area contributed by atoms with Crippen molar-refractivity contribution in [2.45, 2.75) is 34.6 Å². The Morgan fingerprint density at radius 1 is 0.909 bits per heavy atom. The van der Waals surface area contributed by atoms with Crippen LogP contribution in [0.2, 0.25) is 0 Å². The van der Waals surface area contributed by atoms with Gasteiger partial charge in [-0.15, -0.1) is 0 Å². The van der Waals surface area contributed by atoms with Crippen molar-refractivity contribution in [3.8, 4) is 0 Å². The molecule has 60 valence electrons. The van der Waals surface area contributed by atoms with Gasteiger partial charge in [0.15, 0.2) is 0 Å². The molecule has 0 N–H and O–H groups in total. The summed E-state index contributed by atoms with van der Waals surface area (Å²) in [5.41, 5.74) is 6.11. The van der Waals surface area contributed by atoms with Gasteiger partial charge in [-0.25, -0.2) is 0 Å². The van der Waals surface area contributed by atoms with Gasteiger partial charge in [-0.3, -0.25) is 0 Å². The smallest absolute Gasteiger partial charge is 1.00 e. The number of rotatable bonds is 0. The maximum atomic E-state index is 2.28. The molecule has 0 aromatic heterocycles. The molecule has 0 bridgehead atoms. The number of allylic oxidation sites excluding steroid dienone is 4. The van der Waals surface area contributed by atoms with Crippen LogP contribution < -0.4 is 0 Å². The molecular weight excluding hydrogens is 257 g/mol. The van der Waals surface area contributed by atoms with E-state index in [1.54, 1.807) is 11.1 Å². The summed E-state index contributed by atoms with van der Waals surface area (Å²) < 4.78 is 0. The van der Waals surface area contributed by atoms with Crippen molar-refractivity contribution >= 4 is 48.9 Å². The molecule has 0 aromatic rings. The summed E-state index contributed by atoms with van der Waals surface area (Å²) in [5, 5.41) is 0. The molecule has 1 heteroatoms. The quantitative estimate of drug-likeness (QED) is 0.596. The third kappa shape index (κ3) is 2.04. The minimum absolute atomic E-state index is 0. The van der Waals surface area contributed by atoms with Gasteiger partial charge in [0.2, 0.25) is 0 Å². The Labute approximate surface area is 113 Å². The molecule has 0 unspecified atom stereocenters. The van der Waals surface area contributed by atoms with Gasteiger partial charge in [0, 0.05) is 0 Å². The van der Waals surface area contributed by atoms with E-state index in [1.165, 1.54) is 11.1 Å². The van der Waals surface area contributed by atoms with Crippen molar-refractivity contribution in [2.24, 2.45) is 5.92 Å². The first-order chi connectivity index (χ1) is 4.55. The Bertz CT molecular complexity index is 205. The molecule has 1 aliphatic carbocycles. The van der Waals surface area contributed by atoms with Crippen molar-refractivity contribution in [1.82, 2.24) is 0 Å². The normalized spacial score (nSPS) is 19.4. The van der Waals surface area contributed by atoms with E-state index in [4.69, 9.17) is 0 Å². The summed E-state index contributed by atoms with van der Waals surface area (Å²) in [5.74, 6) is 0.694. The Morgan fingerprint density at radius 3 is 1.27 bits per heavy atom. The molecule has 0 saturated heterocycles.